The molecular weight excluding hydrogens is 234 g/mol. The van der Waals surface area contributed by atoms with Crippen LogP contribution in [0.3, 0.4) is 0 Å². The van der Waals surface area contributed by atoms with Crippen LogP contribution >= 0.6 is 0 Å². The van der Waals surface area contributed by atoms with Crippen molar-refractivity contribution in [2.24, 2.45) is 29.4 Å². The lowest BCUT2D eigenvalue weighted by Gasteiger charge is -2.55. The Balaban J connectivity index is 1.67. The first-order chi connectivity index (χ1) is 9.26. The highest BCUT2D eigenvalue weighted by Gasteiger charge is 2.49. The van der Waals surface area contributed by atoms with Gasteiger partial charge in [-0.2, -0.15) is 0 Å². The summed E-state index contributed by atoms with van der Waals surface area (Å²) < 4.78 is 2.50. The summed E-state index contributed by atoms with van der Waals surface area (Å²) in [7, 11) is 0. The van der Waals surface area contributed by atoms with Gasteiger partial charge in [0.25, 0.3) is 0 Å². The fourth-order valence-corrected chi connectivity index (χ4v) is 5.42. The minimum absolute atomic E-state index is 0.430. The molecule has 3 nitrogen and oxygen atoms in total. The minimum Gasteiger partial charge on any atom is -0.331 e. The summed E-state index contributed by atoms with van der Waals surface area (Å²) in [6.07, 6.45) is 11.5. The van der Waals surface area contributed by atoms with Crippen LogP contribution in [-0.2, 0) is 0 Å². The number of hydrogen-bond donors (Lipinski definition) is 1. The Kier molecular flexibility index (Phi) is 2.73. The highest BCUT2D eigenvalue weighted by molar-refractivity contribution is 5.11. The van der Waals surface area contributed by atoms with Gasteiger partial charge in [-0.3, -0.25) is 0 Å². The summed E-state index contributed by atoms with van der Waals surface area (Å²) in [6.45, 7) is 2.95. The van der Waals surface area contributed by atoms with E-state index in [2.05, 4.69) is 22.8 Å². The SMILES string of the molecule is CC(CN)c1cncn1C1C2CC3CC(C2)CC1C3. The quantitative estimate of drug-likeness (QED) is 0.907. The van der Waals surface area contributed by atoms with Gasteiger partial charge in [0.15, 0.2) is 0 Å². The van der Waals surface area contributed by atoms with E-state index in [1.165, 1.54) is 37.8 Å². The number of aromatic nitrogens is 2. The molecule has 4 bridgehead atoms. The second-order valence-electron chi connectivity index (χ2n) is 7.28. The lowest BCUT2D eigenvalue weighted by molar-refractivity contribution is -0.0302. The third-order valence-electron chi connectivity index (χ3n) is 6.05. The third-order valence-corrected chi connectivity index (χ3v) is 6.05. The van der Waals surface area contributed by atoms with Gasteiger partial charge >= 0.3 is 0 Å². The Hall–Kier alpha value is -0.830. The Morgan fingerprint density at radius 2 is 1.84 bits per heavy atom. The highest BCUT2D eigenvalue weighted by Crippen LogP contribution is 2.58. The predicted octanol–water partition coefficient (Wildman–Crippen LogP) is 2.94. The van der Waals surface area contributed by atoms with E-state index in [4.69, 9.17) is 5.73 Å². The molecule has 1 heterocycles. The third kappa shape index (κ3) is 1.78. The zero-order valence-corrected chi connectivity index (χ0v) is 11.8. The van der Waals surface area contributed by atoms with E-state index < -0.39 is 0 Å². The van der Waals surface area contributed by atoms with E-state index in [0.29, 0.717) is 5.92 Å². The topological polar surface area (TPSA) is 43.8 Å². The van der Waals surface area contributed by atoms with Gasteiger partial charge in [-0.25, -0.2) is 4.98 Å². The van der Waals surface area contributed by atoms with Gasteiger partial charge in [0.05, 0.1) is 6.33 Å². The molecule has 3 heteroatoms. The number of hydrogen-bond acceptors (Lipinski definition) is 2. The van der Waals surface area contributed by atoms with Crippen LogP contribution in [0, 0.1) is 23.7 Å². The molecule has 0 radical (unpaired) electrons. The van der Waals surface area contributed by atoms with Crippen LogP contribution in [0.25, 0.3) is 0 Å². The molecule has 0 aliphatic heterocycles. The van der Waals surface area contributed by atoms with Gasteiger partial charge < -0.3 is 10.3 Å². The smallest absolute Gasteiger partial charge is 0.0951 e. The van der Waals surface area contributed by atoms with Crippen molar-refractivity contribution in [3.8, 4) is 0 Å². The van der Waals surface area contributed by atoms with E-state index in [1.807, 2.05) is 6.20 Å². The summed E-state index contributed by atoms with van der Waals surface area (Å²) >= 11 is 0. The minimum atomic E-state index is 0.430. The van der Waals surface area contributed by atoms with Crippen molar-refractivity contribution in [3.63, 3.8) is 0 Å². The molecule has 2 N–H and O–H groups in total. The van der Waals surface area contributed by atoms with Gasteiger partial charge in [-0.1, -0.05) is 6.92 Å². The van der Waals surface area contributed by atoms with Crippen molar-refractivity contribution in [2.45, 2.75) is 51.0 Å². The van der Waals surface area contributed by atoms with Crippen molar-refractivity contribution >= 4 is 0 Å². The number of nitrogens with zero attached hydrogens (tertiary/aromatic N) is 2. The van der Waals surface area contributed by atoms with E-state index >= 15 is 0 Å². The van der Waals surface area contributed by atoms with E-state index in [1.54, 1.807) is 0 Å². The lowest BCUT2D eigenvalue weighted by atomic mass is 9.54. The maximum atomic E-state index is 5.87. The zero-order valence-electron chi connectivity index (χ0n) is 11.8. The maximum Gasteiger partial charge on any atom is 0.0951 e. The highest BCUT2D eigenvalue weighted by atomic mass is 15.1. The van der Waals surface area contributed by atoms with Crippen molar-refractivity contribution in [1.82, 2.24) is 9.55 Å². The molecule has 4 aliphatic rings. The van der Waals surface area contributed by atoms with Crippen molar-refractivity contribution in [3.05, 3.63) is 18.2 Å². The summed E-state index contributed by atoms with van der Waals surface area (Å²) in [5.41, 5.74) is 7.23. The van der Waals surface area contributed by atoms with E-state index in [0.717, 1.165) is 36.3 Å². The molecule has 1 aromatic rings. The fraction of sp³-hybridized carbons (Fsp3) is 0.812. The summed E-state index contributed by atoms with van der Waals surface area (Å²) in [5, 5.41) is 0. The van der Waals surface area contributed by atoms with Crippen LogP contribution in [0.2, 0.25) is 0 Å². The molecule has 4 fully saturated rings. The average Bonchev–Trinajstić information content (AvgIpc) is 2.85. The normalized spacial score (nSPS) is 41.7. The van der Waals surface area contributed by atoms with E-state index in [-0.39, 0.29) is 0 Å². The monoisotopic (exact) mass is 259 g/mol. The molecule has 0 aromatic carbocycles. The van der Waals surface area contributed by atoms with Crippen LogP contribution in [-0.4, -0.2) is 16.1 Å². The predicted molar refractivity (Wildman–Crippen MR) is 75.8 cm³/mol. The first kappa shape index (κ1) is 12.0. The van der Waals surface area contributed by atoms with Gasteiger partial charge in [0.2, 0.25) is 0 Å². The van der Waals surface area contributed by atoms with Crippen molar-refractivity contribution < 1.29 is 0 Å². The molecule has 0 saturated heterocycles. The Bertz CT molecular complexity index is 436. The first-order valence-corrected chi connectivity index (χ1v) is 7.98. The first-order valence-electron chi connectivity index (χ1n) is 7.98. The molecule has 1 atom stereocenters. The molecule has 1 unspecified atom stereocenters. The standard InChI is InChI=1S/C16H25N3/c1-10(7-17)15-8-18-9-19(15)16-13-3-11-2-12(5-13)6-14(16)4-11/h8-14,16H,2-7,17H2,1H3. The van der Waals surface area contributed by atoms with Crippen molar-refractivity contribution in [1.29, 1.82) is 0 Å². The van der Waals surface area contributed by atoms with Crippen LogP contribution < -0.4 is 5.73 Å². The van der Waals surface area contributed by atoms with Crippen LogP contribution in [0.1, 0.15) is 56.7 Å². The molecule has 5 rings (SSSR count). The van der Waals surface area contributed by atoms with Crippen LogP contribution in [0.4, 0.5) is 0 Å². The second kappa shape index (κ2) is 4.34. The van der Waals surface area contributed by atoms with Gasteiger partial charge in [-0.15, -0.1) is 0 Å². The van der Waals surface area contributed by atoms with Crippen LogP contribution in [0.15, 0.2) is 12.5 Å². The Morgan fingerprint density at radius 3 is 2.42 bits per heavy atom. The molecule has 0 amide bonds. The Morgan fingerprint density at radius 1 is 1.21 bits per heavy atom. The van der Waals surface area contributed by atoms with Gasteiger partial charge in [0, 0.05) is 30.4 Å². The summed E-state index contributed by atoms with van der Waals surface area (Å²) in [4.78, 5) is 4.43. The molecule has 4 aliphatic carbocycles. The second-order valence-corrected chi connectivity index (χ2v) is 7.28. The molecule has 4 saturated carbocycles. The lowest BCUT2D eigenvalue weighted by Crippen LogP contribution is -2.46. The van der Waals surface area contributed by atoms with E-state index in [9.17, 15) is 0 Å². The largest absolute Gasteiger partial charge is 0.331 e. The molecule has 1 aromatic heterocycles. The molecular formula is C16H25N3. The van der Waals surface area contributed by atoms with Gasteiger partial charge in [0.1, 0.15) is 0 Å². The Labute approximate surface area is 115 Å². The van der Waals surface area contributed by atoms with Crippen LogP contribution in [0.5, 0.6) is 0 Å². The molecule has 19 heavy (non-hydrogen) atoms. The van der Waals surface area contributed by atoms with Crippen molar-refractivity contribution in [2.75, 3.05) is 6.54 Å². The molecule has 104 valence electrons. The number of nitrogens with two attached hydrogens (primary N) is 1. The van der Waals surface area contributed by atoms with Gasteiger partial charge in [-0.05, 0) is 55.8 Å². The summed E-state index contributed by atoms with van der Waals surface area (Å²) in [6, 6.07) is 0.722. The zero-order chi connectivity index (χ0) is 13.0. The average molecular weight is 259 g/mol. The summed E-state index contributed by atoms with van der Waals surface area (Å²) in [5.74, 6) is 4.33. The molecule has 0 spiro atoms. The fourth-order valence-electron chi connectivity index (χ4n) is 5.42. The number of imidazole rings is 1. The maximum absolute atomic E-state index is 5.87. The number of rotatable bonds is 3.